The molecule has 1 heterocycles. The zero-order valence-electron chi connectivity index (χ0n) is 8.86. The summed E-state index contributed by atoms with van der Waals surface area (Å²) in [5.41, 5.74) is 7.38. The number of amides is 2. The molecule has 0 bridgehead atoms. The molecule has 2 amide bonds. The molecule has 1 unspecified atom stereocenters. The topological polar surface area (TPSA) is 84.7 Å². The van der Waals surface area contributed by atoms with Crippen LogP contribution in [0.2, 0.25) is 0 Å². The summed E-state index contributed by atoms with van der Waals surface area (Å²) < 4.78 is 0. The number of hydroxylamine groups is 1. The fourth-order valence-electron chi connectivity index (χ4n) is 1.50. The number of nitrogens with two attached hydrogens (primary N) is 1. The molecule has 1 aliphatic rings. The summed E-state index contributed by atoms with van der Waals surface area (Å²) in [6.45, 7) is 3.08. The molecule has 0 aromatic heterocycles. The number of rotatable bonds is 5. The maximum atomic E-state index is 11.7. The lowest BCUT2D eigenvalue weighted by atomic mass is 10.3. The zero-order chi connectivity index (χ0) is 11.3. The lowest BCUT2D eigenvalue weighted by Gasteiger charge is -2.20. The van der Waals surface area contributed by atoms with E-state index in [1.54, 1.807) is 11.8 Å². The average molecular weight is 215 g/mol. The predicted octanol–water partition coefficient (Wildman–Crippen LogP) is -0.996. The Morgan fingerprint density at radius 1 is 1.47 bits per heavy atom. The number of likely N-dealkylation sites (tertiary alicyclic amines) is 1. The van der Waals surface area contributed by atoms with Gasteiger partial charge in [0, 0.05) is 13.1 Å². The van der Waals surface area contributed by atoms with E-state index in [-0.39, 0.29) is 12.5 Å². The Bertz CT molecular complexity index is 239. The molecule has 1 rings (SSSR count). The molecule has 0 saturated carbocycles. The third-order valence-corrected chi connectivity index (χ3v) is 2.26. The Morgan fingerprint density at radius 3 is 2.60 bits per heavy atom. The molecule has 1 aliphatic heterocycles. The highest BCUT2D eigenvalue weighted by atomic mass is 16.6. The number of hydrogen-bond donors (Lipinski definition) is 2. The lowest BCUT2D eigenvalue weighted by Crippen LogP contribution is -2.44. The van der Waals surface area contributed by atoms with Crippen LogP contribution >= 0.6 is 0 Å². The van der Waals surface area contributed by atoms with Crippen molar-refractivity contribution in [2.24, 2.45) is 5.73 Å². The Hall–Kier alpha value is -1.14. The maximum Gasteiger partial charge on any atom is 0.245 e. The van der Waals surface area contributed by atoms with Crippen molar-refractivity contribution >= 4 is 11.8 Å². The van der Waals surface area contributed by atoms with E-state index in [2.05, 4.69) is 5.48 Å². The van der Waals surface area contributed by atoms with E-state index in [1.165, 1.54) is 0 Å². The fraction of sp³-hybridized carbons (Fsp3) is 0.778. The van der Waals surface area contributed by atoms with Crippen LogP contribution in [0, 0.1) is 0 Å². The minimum atomic E-state index is -0.566. The van der Waals surface area contributed by atoms with E-state index >= 15 is 0 Å². The summed E-state index contributed by atoms with van der Waals surface area (Å²) in [7, 11) is 0. The first-order chi connectivity index (χ1) is 7.11. The highest BCUT2D eigenvalue weighted by molar-refractivity contribution is 5.81. The van der Waals surface area contributed by atoms with Gasteiger partial charge in [0.25, 0.3) is 0 Å². The van der Waals surface area contributed by atoms with Gasteiger partial charge < -0.3 is 10.6 Å². The molecule has 1 saturated heterocycles. The smallest absolute Gasteiger partial charge is 0.245 e. The number of nitrogens with zero attached hydrogens (tertiary/aromatic N) is 1. The highest BCUT2D eigenvalue weighted by Gasteiger charge is 2.23. The van der Waals surface area contributed by atoms with E-state index in [4.69, 9.17) is 10.6 Å². The third-order valence-electron chi connectivity index (χ3n) is 2.26. The van der Waals surface area contributed by atoms with Gasteiger partial charge in [-0.15, -0.1) is 0 Å². The van der Waals surface area contributed by atoms with Crippen molar-refractivity contribution in [3.8, 4) is 0 Å². The molecule has 0 aromatic carbocycles. The second-order valence-corrected chi connectivity index (χ2v) is 3.63. The van der Waals surface area contributed by atoms with Crippen molar-refractivity contribution in [2.75, 3.05) is 19.7 Å². The molecule has 0 radical (unpaired) electrons. The molecule has 86 valence electrons. The fourth-order valence-corrected chi connectivity index (χ4v) is 1.50. The molecule has 0 aliphatic carbocycles. The first kappa shape index (κ1) is 11.9. The largest absolute Gasteiger partial charge is 0.368 e. The van der Waals surface area contributed by atoms with Gasteiger partial charge in [0.1, 0.15) is 12.6 Å². The summed E-state index contributed by atoms with van der Waals surface area (Å²) in [4.78, 5) is 28.6. The second-order valence-electron chi connectivity index (χ2n) is 3.63. The molecule has 6 heteroatoms. The van der Waals surface area contributed by atoms with Crippen molar-refractivity contribution in [1.82, 2.24) is 10.4 Å². The van der Waals surface area contributed by atoms with Gasteiger partial charge in [-0.3, -0.25) is 14.4 Å². The lowest BCUT2D eigenvalue weighted by molar-refractivity contribution is -0.139. The van der Waals surface area contributed by atoms with Crippen LogP contribution < -0.4 is 11.2 Å². The Balaban J connectivity index is 2.23. The van der Waals surface area contributed by atoms with Gasteiger partial charge in [-0.05, 0) is 19.8 Å². The molecular formula is C9H17N3O3. The number of nitrogens with one attached hydrogen (secondary N) is 1. The monoisotopic (exact) mass is 215 g/mol. The van der Waals surface area contributed by atoms with Gasteiger partial charge in [-0.1, -0.05) is 0 Å². The molecular weight excluding hydrogens is 198 g/mol. The standard InChI is InChI=1S/C9H17N3O3/c1-7(11-15-6-8(10)13)9(14)12-4-2-3-5-12/h7,11H,2-6H2,1H3,(H2,10,13). The third kappa shape index (κ3) is 3.85. The predicted molar refractivity (Wildman–Crippen MR) is 53.6 cm³/mol. The van der Waals surface area contributed by atoms with Gasteiger partial charge in [-0.2, -0.15) is 5.48 Å². The van der Waals surface area contributed by atoms with Crippen molar-refractivity contribution in [3.05, 3.63) is 0 Å². The molecule has 1 atom stereocenters. The van der Waals surface area contributed by atoms with Gasteiger partial charge in [0.2, 0.25) is 11.8 Å². The van der Waals surface area contributed by atoms with E-state index in [0.29, 0.717) is 0 Å². The van der Waals surface area contributed by atoms with Crippen LogP contribution in [-0.2, 0) is 14.4 Å². The van der Waals surface area contributed by atoms with Crippen molar-refractivity contribution in [1.29, 1.82) is 0 Å². The van der Waals surface area contributed by atoms with E-state index in [9.17, 15) is 9.59 Å². The van der Waals surface area contributed by atoms with Crippen LogP contribution in [0.4, 0.5) is 0 Å². The van der Waals surface area contributed by atoms with Crippen LogP contribution in [0.25, 0.3) is 0 Å². The Morgan fingerprint density at radius 2 is 2.07 bits per heavy atom. The van der Waals surface area contributed by atoms with E-state index in [0.717, 1.165) is 25.9 Å². The average Bonchev–Trinajstić information content (AvgIpc) is 2.68. The van der Waals surface area contributed by atoms with Crippen molar-refractivity contribution in [2.45, 2.75) is 25.8 Å². The van der Waals surface area contributed by atoms with Crippen LogP contribution in [-0.4, -0.2) is 42.5 Å². The Kier molecular flexibility index (Phi) is 4.51. The number of carbonyl (C=O) groups excluding carboxylic acids is 2. The molecule has 1 fully saturated rings. The number of hydrogen-bond acceptors (Lipinski definition) is 4. The van der Waals surface area contributed by atoms with Crippen LogP contribution in [0.1, 0.15) is 19.8 Å². The van der Waals surface area contributed by atoms with Gasteiger partial charge in [0.15, 0.2) is 0 Å². The molecule has 0 aromatic rings. The van der Waals surface area contributed by atoms with Crippen molar-refractivity contribution < 1.29 is 14.4 Å². The Labute approximate surface area is 88.7 Å². The first-order valence-corrected chi connectivity index (χ1v) is 5.05. The summed E-state index contributed by atoms with van der Waals surface area (Å²) in [5, 5.41) is 0. The second kappa shape index (κ2) is 5.67. The minimum Gasteiger partial charge on any atom is -0.368 e. The quantitative estimate of drug-likeness (QED) is 0.576. The van der Waals surface area contributed by atoms with E-state index < -0.39 is 11.9 Å². The molecule has 15 heavy (non-hydrogen) atoms. The molecule has 0 spiro atoms. The summed E-state index contributed by atoms with van der Waals surface area (Å²) in [6.07, 6.45) is 2.11. The summed E-state index contributed by atoms with van der Waals surface area (Å²) >= 11 is 0. The number of primary amides is 1. The zero-order valence-corrected chi connectivity index (χ0v) is 8.86. The highest BCUT2D eigenvalue weighted by Crippen LogP contribution is 2.08. The van der Waals surface area contributed by atoms with Crippen molar-refractivity contribution in [3.63, 3.8) is 0 Å². The van der Waals surface area contributed by atoms with Gasteiger partial charge >= 0.3 is 0 Å². The molecule has 3 N–H and O–H groups in total. The SMILES string of the molecule is CC(NOCC(N)=O)C(=O)N1CCCC1. The van der Waals surface area contributed by atoms with Gasteiger partial charge in [-0.25, -0.2) is 0 Å². The van der Waals surface area contributed by atoms with Crippen LogP contribution in [0.3, 0.4) is 0 Å². The van der Waals surface area contributed by atoms with E-state index in [1.807, 2.05) is 0 Å². The molecule has 6 nitrogen and oxygen atoms in total. The van der Waals surface area contributed by atoms with Gasteiger partial charge in [0.05, 0.1) is 0 Å². The summed E-state index contributed by atoms with van der Waals surface area (Å²) in [6, 6.07) is -0.442. The first-order valence-electron chi connectivity index (χ1n) is 5.05. The minimum absolute atomic E-state index is 0.00281. The van der Waals surface area contributed by atoms with Crippen LogP contribution in [0.15, 0.2) is 0 Å². The maximum absolute atomic E-state index is 11.7. The normalized spacial score (nSPS) is 17.8. The number of carbonyl (C=O) groups is 2. The summed E-state index contributed by atoms with van der Waals surface area (Å²) in [5.74, 6) is -0.569. The van der Waals surface area contributed by atoms with Crippen LogP contribution in [0.5, 0.6) is 0 Å².